The highest BCUT2D eigenvalue weighted by molar-refractivity contribution is 7.17. The van der Waals surface area contributed by atoms with Crippen molar-refractivity contribution < 1.29 is 4.74 Å². The van der Waals surface area contributed by atoms with Gasteiger partial charge in [0.15, 0.2) is 5.13 Å². The topological polar surface area (TPSA) is 60.2 Å². The van der Waals surface area contributed by atoms with E-state index in [-0.39, 0.29) is 0 Å². The summed E-state index contributed by atoms with van der Waals surface area (Å²) in [6, 6.07) is 15.7. The zero-order valence-electron chi connectivity index (χ0n) is 14.0. The lowest BCUT2D eigenvalue weighted by molar-refractivity contribution is 0.414. The van der Waals surface area contributed by atoms with Crippen molar-refractivity contribution in [2.45, 2.75) is 0 Å². The van der Waals surface area contributed by atoms with Gasteiger partial charge in [0, 0.05) is 11.3 Å². The number of aromatic nitrogens is 1. The molecule has 0 saturated heterocycles. The Kier molecular flexibility index (Phi) is 4.86. The Morgan fingerprint density at radius 3 is 2.68 bits per heavy atom. The van der Waals surface area contributed by atoms with E-state index in [0.717, 1.165) is 38.1 Å². The first-order valence-electron chi connectivity index (χ1n) is 7.71. The lowest BCUT2D eigenvalue weighted by Crippen LogP contribution is -1.93. The van der Waals surface area contributed by atoms with Gasteiger partial charge in [0.05, 0.1) is 12.0 Å². The van der Waals surface area contributed by atoms with Crippen molar-refractivity contribution in [3.8, 4) is 5.75 Å². The fraction of sp³-hybridized carbons (Fsp3) is 0.0500. The highest BCUT2D eigenvalue weighted by Crippen LogP contribution is 2.36. The molecule has 0 aliphatic heterocycles. The molecule has 3 rings (SSSR count). The van der Waals surface area contributed by atoms with Gasteiger partial charge < -0.3 is 15.8 Å². The van der Waals surface area contributed by atoms with Crippen molar-refractivity contribution in [3.63, 3.8) is 0 Å². The number of methoxy groups -OCH3 is 1. The number of ether oxygens (including phenoxy) is 1. The van der Waals surface area contributed by atoms with Crippen LogP contribution in [-0.4, -0.2) is 12.1 Å². The van der Waals surface area contributed by atoms with Crippen LogP contribution in [0.1, 0.15) is 16.0 Å². The molecule has 0 aliphatic carbocycles. The molecule has 0 unspecified atom stereocenters. The average Bonchev–Trinajstić information content (AvgIpc) is 3.01. The first-order valence-corrected chi connectivity index (χ1v) is 8.52. The first-order chi connectivity index (χ1) is 12.1. The van der Waals surface area contributed by atoms with Gasteiger partial charge >= 0.3 is 0 Å². The monoisotopic (exact) mass is 349 g/mol. The molecule has 2 aromatic carbocycles. The molecule has 1 heterocycles. The Balaban J connectivity index is 1.89. The Bertz CT molecular complexity index is 916. The number of para-hydroxylation sites is 1. The molecule has 1 aromatic heterocycles. The molecule has 0 radical (unpaired) electrons. The molecule has 25 heavy (non-hydrogen) atoms. The Hall–Kier alpha value is -3.05. The Labute approximate surface area is 151 Å². The molecule has 4 nitrogen and oxygen atoms in total. The van der Waals surface area contributed by atoms with Crippen LogP contribution in [0.5, 0.6) is 5.75 Å². The molecular weight excluding hydrogens is 330 g/mol. The largest absolute Gasteiger partial charge is 0.496 e. The summed E-state index contributed by atoms with van der Waals surface area (Å²) < 4.78 is 5.33. The van der Waals surface area contributed by atoms with Crippen LogP contribution in [0.15, 0.2) is 61.7 Å². The quantitative estimate of drug-likeness (QED) is 0.643. The molecular formula is C20H19N3OS. The molecule has 0 bridgehead atoms. The fourth-order valence-corrected chi connectivity index (χ4v) is 3.36. The van der Waals surface area contributed by atoms with Crippen LogP contribution < -0.4 is 15.8 Å². The van der Waals surface area contributed by atoms with Gasteiger partial charge in [0.2, 0.25) is 0 Å². The smallest absolute Gasteiger partial charge is 0.189 e. The van der Waals surface area contributed by atoms with Crippen LogP contribution in [0.2, 0.25) is 0 Å². The number of hydrogen-bond donors (Lipinski definition) is 2. The lowest BCUT2D eigenvalue weighted by Gasteiger charge is -2.09. The van der Waals surface area contributed by atoms with Crippen LogP contribution in [0, 0.1) is 0 Å². The normalized spacial score (nSPS) is 10.3. The Morgan fingerprint density at radius 1 is 1.24 bits per heavy atom. The van der Waals surface area contributed by atoms with Crippen molar-refractivity contribution in [2.24, 2.45) is 0 Å². The van der Waals surface area contributed by atoms with E-state index in [1.54, 1.807) is 13.2 Å². The van der Waals surface area contributed by atoms with Gasteiger partial charge in [-0.05, 0) is 35.4 Å². The highest BCUT2D eigenvalue weighted by atomic mass is 32.1. The third-order valence-electron chi connectivity index (χ3n) is 3.75. The summed E-state index contributed by atoms with van der Waals surface area (Å²) in [4.78, 5) is 5.25. The van der Waals surface area contributed by atoms with Crippen molar-refractivity contribution in [1.29, 1.82) is 0 Å². The van der Waals surface area contributed by atoms with E-state index in [1.165, 1.54) is 11.3 Å². The van der Waals surface area contributed by atoms with Crippen LogP contribution in [-0.2, 0) is 0 Å². The van der Waals surface area contributed by atoms with Crippen molar-refractivity contribution >= 4 is 39.6 Å². The number of hydrogen-bond acceptors (Lipinski definition) is 5. The average molecular weight is 349 g/mol. The molecule has 126 valence electrons. The fourth-order valence-electron chi connectivity index (χ4n) is 2.46. The third kappa shape index (κ3) is 3.56. The maximum absolute atomic E-state index is 6.11. The van der Waals surface area contributed by atoms with Gasteiger partial charge in [-0.1, -0.05) is 54.8 Å². The van der Waals surface area contributed by atoms with E-state index in [1.807, 2.05) is 48.5 Å². The third-order valence-corrected chi connectivity index (χ3v) is 4.80. The predicted octanol–water partition coefficient (Wildman–Crippen LogP) is 5.18. The molecule has 0 fully saturated rings. The second kappa shape index (κ2) is 7.23. The minimum Gasteiger partial charge on any atom is -0.496 e. The summed E-state index contributed by atoms with van der Waals surface area (Å²) in [6.45, 7) is 8.02. The van der Waals surface area contributed by atoms with Gasteiger partial charge in [0.1, 0.15) is 11.6 Å². The van der Waals surface area contributed by atoms with Gasteiger partial charge in [-0.2, -0.15) is 0 Å². The number of thiazole rings is 1. The van der Waals surface area contributed by atoms with Gasteiger partial charge in [-0.3, -0.25) is 0 Å². The second-order valence-corrected chi connectivity index (χ2v) is 6.36. The molecule has 0 atom stereocenters. The van der Waals surface area contributed by atoms with E-state index >= 15 is 0 Å². The molecule has 0 saturated carbocycles. The summed E-state index contributed by atoms with van der Waals surface area (Å²) in [5, 5.41) is 4.00. The van der Waals surface area contributed by atoms with Crippen molar-refractivity contribution in [1.82, 2.24) is 4.98 Å². The summed E-state index contributed by atoms with van der Waals surface area (Å²) >= 11 is 1.48. The maximum Gasteiger partial charge on any atom is 0.189 e. The van der Waals surface area contributed by atoms with Crippen LogP contribution in [0.3, 0.4) is 0 Å². The van der Waals surface area contributed by atoms with Gasteiger partial charge in [0.25, 0.3) is 0 Å². The summed E-state index contributed by atoms with van der Waals surface area (Å²) in [5.41, 5.74) is 9.76. The number of benzene rings is 2. The summed E-state index contributed by atoms with van der Waals surface area (Å²) in [6.07, 6.45) is 1.76. The number of nitrogens with one attached hydrogen (secondary N) is 1. The van der Waals surface area contributed by atoms with E-state index < -0.39 is 0 Å². The molecule has 3 aromatic rings. The number of nitrogen functional groups attached to an aromatic ring is 1. The molecule has 3 N–H and O–H groups in total. The minimum atomic E-state index is 0.462. The number of nitrogens with two attached hydrogens (primary N) is 1. The number of nitrogens with zero attached hydrogens (tertiary/aromatic N) is 1. The summed E-state index contributed by atoms with van der Waals surface area (Å²) in [7, 11) is 1.64. The standard InChI is InChI=1S/C20H19N3OS/c1-4-14-12-15(10-11-17(14)24-3)13(2)18-19(21)23-20(25-18)22-16-8-6-5-7-9-16/h4-12H,1-2,21H2,3H3,(H,22,23). The van der Waals surface area contributed by atoms with Crippen LogP contribution in [0.4, 0.5) is 16.6 Å². The molecule has 0 spiro atoms. The first kappa shape index (κ1) is 16.8. The van der Waals surface area contributed by atoms with Crippen molar-refractivity contribution in [3.05, 3.63) is 77.7 Å². The molecule has 5 heteroatoms. The number of anilines is 3. The van der Waals surface area contributed by atoms with E-state index in [2.05, 4.69) is 23.5 Å². The summed E-state index contributed by atoms with van der Waals surface area (Å²) in [5.74, 6) is 1.24. The Morgan fingerprint density at radius 2 is 2.00 bits per heavy atom. The van der Waals surface area contributed by atoms with E-state index in [4.69, 9.17) is 10.5 Å². The van der Waals surface area contributed by atoms with E-state index in [0.29, 0.717) is 5.82 Å². The SMILES string of the molecule is C=Cc1cc(C(=C)c2sc(Nc3ccccc3)nc2N)ccc1OC. The van der Waals surface area contributed by atoms with Gasteiger partial charge in [-0.15, -0.1) is 0 Å². The number of rotatable bonds is 6. The zero-order valence-corrected chi connectivity index (χ0v) is 14.8. The van der Waals surface area contributed by atoms with E-state index in [9.17, 15) is 0 Å². The van der Waals surface area contributed by atoms with Gasteiger partial charge in [-0.25, -0.2) is 4.98 Å². The lowest BCUT2D eigenvalue weighted by atomic mass is 10.0. The minimum absolute atomic E-state index is 0.462. The zero-order chi connectivity index (χ0) is 17.8. The van der Waals surface area contributed by atoms with Crippen LogP contribution in [0.25, 0.3) is 11.6 Å². The highest BCUT2D eigenvalue weighted by Gasteiger charge is 2.14. The predicted molar refractivity (Wildman–Crippen MR) is 107 cm³/mol. The van der Waals surface area contributed by atoms with Crippen molar-refractivity contribution in [2.75, 3.05) is 18.2 Å². The molecule has 0 amide bonds. The van der Waals surface area contributed by atoms with Crippen LogP contribution >= 0.6 is 11.3 Å². The molecule has 0 aliphatic rings. The maximum atomic E-state index is 6.11. The second-order valence-electron chi connectivity index (χ2n) is 5.36.